The molecule has 3 aromatic heterocycles. The number of aromatic nitrogens is 4. The number of carbonyl (C=O) groups excluding carboxylic acids is 3. The number of hydrogen-bond acceptors (Lipinski definition) is 11. The first-order valence-corrected chi connectivity index (χ1v) is 20.7. The SMILES string of the molecule is CCc1cccc(-c2cnc(C(=O)NCCOCCNCC[C@H](NC(=O)C3(N)CCN(c4ncnc5[nH]ccc45)CC3)c3ccc(Cl)cc3)c(NC(=O)OC(C)(C)C)c2)c1. The van der Waals surface area contributed by atoms with E-state index in [0.717, 1.165) is 45.5 Å². The number of pyridine rings is 1. The molecule has 1 saturated heterocycles. The molecular weight excluding hydrogens is 784 g/mol. The number of hydrogen-bond donors (Lipinski definition) is 6. The Kier molecular flexibility index (Phi) is 14.7. The van der Waals surface area contributed by atoms with Crippen molar-refractivity contribution in [1.29, 1.82) is 0 Å². The molecule has 2 aromatic carbocycles. The molecule has 1 fully saturated rings. The van der Waals surface area contributed by atoms with Gasteiger partial charge in [-0.15, -0.1) is 0 Å². The zero-order valence-electron chi connectivity index (χ0n) is 34.6. The number of amides is 3. The molecule has 0 radical (unpaired) electrons. The first-order valence-electron chi connectivity index (χ1n) is 20.4. The molecule has 3 amide bonds. The van der Waals surface area contributed by atoms with E-state index in [-0.39, 0.29) is 36.5 Å². The number of rotatable bonds is 17. The van der Waals surface area contributed by atoms with Crippen molar-refractivity contribution in [3.8, 4) is 11.1 Å². The molecule has 0 spiro atoms. The summed E-state index contributed by atoms with van der Waals surface area (Å²) < 4.78 is 11.2. The van der Waals surface area contributed by atoms with Crippen LogP contribution in [-0.2, 0) is 20.7 Å². The molecule has 5 aromatic rings. The number of aromatic amines is 1. The summed E-state index contributed by atoms with van der Waals surface area (Å²) in [5.74, 6) is 0.182. The van der Waals surface area contributed by atoms with Crippen molar-refractivity contribution in [2.75, 3.05) is 56.2 Å². The summed E-state index contributed by atoms with van der Waals surface area (Å²) in [6.45, 7) is 10.6. The zero-order valence-corrected chi connectivity index (χ0v) is 35.4. The van der Waals surface area contributed by atoms with Crippen LogP contribution >= 0.6 is 11.6 Å². The van der Waals surface area contributed by atoms with Crippen LogP contribution in [0.5, 0.6) is 0 Å². The maximum Gasteiger partial charge on any atom is 0.412 e. The maximum atomic E-state index is 13.8. The number of benzene rings is 2. The fraction of sp³-hybridized carbons (Fsp3) is 0.409. The highest BCUT2D eigenvalue weighted by Crippen LogP contribution is 2.30. The lowest BCUT2D eigenvalue weighted by Gasteiger charge is -2.39. The Morgan fingerprint density at radius 3 is 2.48 bits per heavy atom. The van der Waals surface area contributed by atoms with E-state index in [2.05, 4.69) is 59.1 Å². The van der Waals surface area contributed by atoms with E-state index in [9.17, 15) is 14.4 Å². The number of nitrogens with one attached hydrogen (secondary N) is 5. The summed E-state index contributed by atoms with van der Waals surface area (Å²) in [5.41, 5.74) is 9.85. The number of piperidine rings is 1. The van der Waals surface area contributed by atoms with Crippen molar-refractivity contribution in [3.63, 3.8) is 0 Å². The Balaban J connectivity index is 0.957. The number of fused-ring (bicyclic) bond motifs is 1. The lowest BCUT2D eigenvalue weighted by atomic mass is 9.87. The fourth-order valence-corrected chi connectivity index (χ4v) is 7.12. The molecule has 0 unspecified atom stereocenters. The maximum absolute atomic E-state index is 13.8. The lowest BCUT2D eigenvalue weighted by Crippen LogP contribution is -2.60. The third kappa shape index (κ3) is 11.8. The van der Waals surface area contributed by atoms with E-state index in [1.807, 2.05) is 54.7 Å². The third-order valence-corrected chi connectivity index (χ3v) is 10.5. The first kappa shape index (κ1) is 44.0. The van der Waals surface area contributed by atoms with Gasteiger partial charge in [0.1, 0.15) is 23.4 Å². The molecule has 6 rings (SSSR count). The highest BCUT2D eigenvalue weighted by molar-refractivity contribution is 6.30. The van der Waals surface area contributed by atoms with Crippen molar-refractivity contribution >= 4 is 52.0 Å². The van der Waals surface area contributed by atoms with Crippen molar-refractivity contribution in [2.45, 2.75) is 70.6 Å². The quantitative estimate of drug-likeness (QED) is 0.0586. The Labute approximate surface area is 355 Å². The largest absolute Gasteiger partial charge is 0.444 e. The minimum Gasteiger partial charge on any atom is -0.444 e. The number of ether oxygens (including phenoxy) is 2. The highest BCUT2D eigenvalue weighted by atomic mass is 35.5. The third-order valence-electron chi connectivity index (χ3n) is 10.3. The second-order valence-electron chi connectivity index (χ2n) is 15.9. The monoisotopic (exact) mass is 838 g/mol. The Hall–Kier alpha value is -5.61. The van der Waals surface area contributed by atoms with Crippen LogP contribution < -0.4 is 31.9 Å². The lowest BCUT2D eigenvalue weighted by molar-refractivity contribution is -0.128. The van der Waals surface area contributed by atoms with Crippen LogP contribution in [0.1, 0.15) is 74.6 Å². The molecule has 0 bridgehead atoms. The van der Waals surface area contributed by atoms with Crippen molar-refractivity contribution < 1.29 is 23.9 Å². The van der Waals surface area contributed by atoms with Crippen LogP contribution in [0.15, 0.2) is 79.4 Å². The zero-order chi connectivity index (χ0) is 42.7. The molecule has 1 aliphatic heterocycles. The van der Waals surface area contributed by atoms with Gasteiger partial charge in [0, 0.05) is 49.2 Å². The van der Waals surface area contributed by atoms with E-state index < -0.39 is 23.1 Å². The summed E-state index contributed by atoms with van der Waals surface area (Å²) >= 11 is 6.19. The summed E-state index contributed by atoms with van der Waals surface area (Å²) in [6.07, 6.45) is 6.73. The van der Waals surface area contributed by atoms with Crippen LogP contribution in [0.3, 0.4) is 0 Å². The molecule has 7 N–H and O–H groups in total. The number of H-pyrrole nitrogens is 1. The summed E-state index contributed by atoms with van der Waals surface area (Å²) in [6, 6.07) is 18.9. The molecule has 318 valence electrons. The minimum absolute atomic E-state index is 0.0619. The minimum atomic E-state index is -1.03. The van der Waals surface area contributed by atoms with Crippen LogP contribution in [0.25, 0.3) is 22.2 Å². The highest BCUT2D eigenvalue weighted by Gasteiger charge is 2.39. The van der Waals surface area contributed by atoms with Gasteiger partial charge >= 0.3 is 6.09 Å². The molecule has 16 heteroatoms. The van der Waals surface area contributed by atoms with Gasteiger partial charge in [-0.2, -0.15) is 0 Å². The molecule has 0 aliphatic carbocycles. The van der Waals surface area contributed by atoms with E-state index >= 15 is 0 Å². The number of nitrogens with two attached hydrogens (primary N) is 1. The number of nitrogens with zero attached hydrogens (tertiary/aromatic N) is 4. The van der Waals surface area contributed by atoms with E-state index in [0.29, 0.717) is 57.1 Å². The van der Waals surface area contributed by atoms with Crippen LogP contribution in [0.4, 0.5) is 16.3 Å². The van der Waals surface area contributed by atoms with Crippen molar-refractivity contribution in [1.82, 2.24) is 35.9 Å². The smallest absolute Gasteiger partial charge is 0.412 e. The number of anilines is 2. The molecule has 1 aliphatic rings. The van der Waals surface area contributed by atoms with Crippen LogP contribution in [0, 0.1) is 0 Å². The number of halogens is 1. The van der Waals surface area contributed by atoms with Crippen molar-refractivity contribution in [2.24, 2.45) is 5.73 Å². The normalized spacial score (nSPS) is 14.4. The number of aryl methyl sites for hydroxylation is 1. The second kappa shape index (κ2) is 20.1. The predicted molar refractivity (Wildman–Crippen MR) is 234 cm³/mol. The summed E-state index contributed by atoms with van der Waals surface area (Å²) in [4.78, 5) is 58.3. The van der Waals surface area contributed by atoms with E-state index in [1.54, 1.807) is 39.4 Å². The van der Waals surface area contributed by atoms with Gasteiger partial charge in [0.15, 0.2) is 5.69 Å². The van der Waals surface area contributed by atoms with Gasteiger partial charge in [-0.3, -0.25) is 14.9 Å². The molecule has 60 heavy (non-hydrogen) atoms. The van der Waals surface area contributed by atoms with Gasteiger partial charge in [0.2, 0.25) is 5.91 Å². The Morgan fingerprint density at radius 1 is 0.967 bits per heavy atom. The average Bonchev–Trinajstić information content (AvgIpc) is 3.72. The average molecular weight is 839 g/mol. The van der Waals surface area contributed by atoms with Crippen LogP contribution in [-0.4, -0.2) is 94.9 Å². The Bertz CT molecular complexity index is 2230. The van der Waals surface area contributed by atoms with Gasteiger partial charge in [0.05, 0.1) is 35.9 Å². The van der Waals surface area contributed by atoms with Gasteiger partial charge in [-0.1, -0.05) is 54.9 Å². The van der Waals surface area contributed by atoms with Gasteiger partial charge in [-0.05, 0) is 94.0 Å². The van der Waals surface area contributed by atoms with E-state index in [1.165, 1.54) is 0 Å². The fourth-order valence-electron chi connectivity index (χ4n) is 7.00. The molecule has 0 saturated carbocycles. The van der Waals surface area contributed by atoms with Gasteiger partial charge in [-0.25, -0.2) is 19.7 Å². The van der Waals surface area contributed by atoms with Gasteiger partial charge < -0.3 is 41.0 Å². The van der Waals surface area contributed by atoms with Crippen LogP contribution in [0.2, 0.25) is 5.02 Å². The van der Waals surface area contributed by atoms with Crippen molar-refractivity contribution in [3.05, 3.63) is 101 Å². The predicted octanol–water partition coefficient (Wildman–Crippen LogP) is 6.16. The molecule has 1 atom stereocenters. The summed E-state index contributed by atoms with van der Waals surface area (Å²) in [7, 11) is 0. The van der Waals surface area contributed by atoms with Gasteiger partial charge in [0.25, 0.3) is 5.91 Å². The second-order valence-corrected chi connectivity index (χ2v) is 16.3. The molecular formula is C44H55ClN10O5. The topological polar surface area (TPSA) is 202 Å². The number of carbonyl (C=O) groups is 3. The standard InChI is InChI=1S/C44H55ClN10O5/c1-5-29-7-6-8-31(25-29)32-26-36(54-42(58)60-43(2,3)4)37(50-27-32)40(56)49-20-24-59-23-19-47-17-14-35(30-9-11-33(45)12-10-30)53-41(57)44(46)15-21-55(22-16-44)39-34-13-18-48-38(34)51-28-52-39/h6-13,18,25-28,35,47H,5,14-17,19-24,46H2,1-4H3,(H,49,56)(H,53,57)(H,54,58)(H,48,51,52)/t35-/m0/s1. The van der Waals surface area contributed by atoms with E-state index in [4.69, 9.17) is 26.8 Å². The molecule has 15 nitrogen and oxygen atoms in total. The molecule has 4 heterocycles. The first-order chi connectivity index (χ1) is 28.8. The summed E-state index contributed by atoms with van der Waals surface area (Å²) in [5, 5.41) is 13.7. The Morgan fingerprint density at radius 2 is 1.73 bits per heavy atom.